The minimum Gasteiger partial charge on any atom is -0.508 e. The molecule has 0 aliphatic rings. The lowest BCUT2D eigenvalue weighted by atomic mass is 10.2. The summed E-state index contributed by atoms with van der Waals surface area (Å²) in [6.45, 7) is 0.354. The zero-order valence-corrected chi connectivity index (χ0v) is 8.51. The zero-order chi connectivity index (χ0) is 11.4. The van der Waals surface area contributed by atoms with Crippen molar-refractivity contribution < 1.29 is 14.3 Å². The third-order valence-electron chi connectivity index (χ3n) is 2.13. The van der Waals surface area contributed by atoms with E-state index in [4.69, 9.17) is 9.52 Å². The van der Waals surface area contributed by atoms with Crippen LogP contribution in [0.3, 0.4) is 0 Å². The Balaban J connectivity index is 1.95. The number of hydrogen-bond donors (Lipinski definition) is 2. The molecule has 0 atom stereocenters. The highest BCUT2D eigenvalue weighted by Gasteiger charge is 2.05. The van der Waals surface area contributed by atoms with Crippen LogP contribution in [-0.4, -0.2) is 11.0 Å². The van der Waals surface area contributed by atoms with Gasteiger partial charge in [0.25, 0.3) is 5.91 Å². The van der Waals surface area contributed by atoms with E-state index in [9.17, 15) is 4.79 Å². The highest BCUT2D eigenvalue weighted by molar-refractivity contribution is 5.94. The Kier molecular flexibility index (Phi) is 2.91. The normalized spacial score (nSPS) is 10.0. The summed E-state index contributed by atoms with van der Waals surface area (Å²) in [6, 6.07) is 9.63. The summed E-state index contributed by atoms with van der Waals surface area (Å²) in [7, 11) is 0. The molecule has 0 spiro atoms. The van der Waals surface area contributed by atoms with Gasteiger partial charge in [-0.25, -0.2) is 0 Å². The van der Waals surface area contributed by atoms with Gasteiger partial charge in [0.15, 0.2) is 0 Å². The Bertz CT molecular complexity index is 460. The molecule has 82 valence electrons. The van der Waals surface area contributed by atoms with Crippen LogP contribution < -0.4 is 5.32 Å². The first-order valence-corrected chi connectivity index (χ1v) is 4.85. The van der Waals surface area contributed by atoms with Gasteiger partial charge in [-0.1, -0.05) is 0 Å². The van der Waals surface area contributed by atoms with E-state index in [1.165, 1.54) is 12.1 Å². The molecule has 2 rings (SSSR count). The molecule has 1 aromatic heterocycles. The standard InChI is InChI=1S/C12H11NO3/c14-10-5-3-9(4-6-10)12(15)13-8-11-2-1-7-16-11/h1-7,14H,8H2,(H,13,15). The number of rotatable bonds is 3. The third kappa shape index (κ3) is 2.42. The van der Waals surface area contributed by atoms with E-state index in [0.29, 0.717) is 17.9 Å². The minimum absolute atomic E-state index is 0.141. The lowest BCUT2D eigenvalue weighted by Crippen LogP contribution is -2.22. The van der Waals surface area contributed by atoms with Gasteiger partial charge in [0.1, 0.15) is 11.5 Å². The number of nitrogens with one attached hydrogen (secondary N) is 1. The minimum atomic E-state index is -0.198. The van der Waals surface area contributed by atoms with Crippen LogP contribution in [0.25, 0.3) is 0 Å². The molecule has 1 amide bonds. The van der Waals surface area contributed by atoms with E-state index < -0.39 is 0 Å². The van der Waals surface area contributed by atoms with Crippen molar-refractivity contribution in [3.63, 3.8) is 0 Å². The maximum atomic E-state index is 11.6. The number of carbonyl (C=O) groups is 1. The fourth-order valence-corrected chi connectivity index (χ4v) is 1.30. The van der Waals surface area contributed by atoms with Crippen molar-refractivity contribution in [2.45, 2.75) is 6.54 Å². The lowest BCUT2D eigenvalue weighted by Gasteiger charge is -2.03. The molecule has 0 saturated carbocycles. The van der Waals surface area contributed by atoms with E-state index >= 15 is 0 Å². The van der Waals surface area contributed by atoms with Crippen LogP contribution in [0.15, 0.2) is 47.1 Å². The second kappa shape index (κ2) is 4.53. The van der Waals surface area contributed by atoms with Gasteiger partial charge in [-0.2, -0.15) is 0 Å². The summed E-state index contributed by atoms with van der Waals surface area (Å²) in [5, 5.41) is 11.8. The summed E-state index contributed by atoms with van der Waals surface area (Å²) in [4.78, 5) is 11.6. The van der Waals surface area contributed by atoms with Crippen LogP contribution in [0.1, 0.15) is 16.1 Å². The number of hydrogen-bond acceptors (Lipinski definition) is 3. The third-order valence-corrected chi connectivity index (χ3v) is 2.13. The molecule has 0 fully saturated rings. The average Bonchev–Trinajstić information content (AvgIpc) is 2.80. The highest BCUT2D eigenvalue weighted by Crippen LogP contribution is 2.09. The fraction of sp³-hybridized carbons (Fsp3) is 0.0833. The van der Waals surface area contributed by atoms with E-state index in [2.05, 4.69) is 5.32 Å². The van der Waals surface area contributed by atoms with Crippen LogP contribution in [0.2, 0.25) is 0 Å². The number of benzene rings is 1. The molecule has 0 aliphatic carbocycles. The second-order valence-corrected chi connectivity index (χ2v) is 3.31. The molecular formula is C12H11NO3. The number of phenolic OH excluding ortho intramolecular Hbond substituents is 1. The average molecular weight is 217 g/mol. The SMILES string of the molecule is O=C(NCc1ccco1)c1ccc(O)cc1. The van der Waals surface area contributed by atoms with Gasteiger partial charge >= 0.3 is 0 Å². The van der Waals surface area contributed by atoms with Gasteiger partial charge in [-0.15, -0.1) is 0 Å². The molecule has 2 aromatic rings. The first kappa shape index (κ1) is 10.3. The maximum Gasteiger partial charge on any atom is 0.251 e. The van der Waals surface area contributed by atoms with Crippen LogP contribution >= 0.6 is 0 Å². The van der Waals surface area contributed by atoms with Gasteiger partial charge in [0.05, 0.1) is 12.8 Å². The first-order chi connectivity index (χ1) is 7.75. The van der Waals surface area contributed by atoms with Crippen molar-refractivity contribution in [2.75, 3.05) is 0 Å². The van der Waals surface area contributed by atoms with Crippen molar-refractivity contribution >= 4 is 5.91 Å². The molecule has 0 bridgehead atoms. The van der Waals surface area contributed by atoms with Crippen LogP contribution in [-0.2, 0) is 6.54 Å². The molecule has 0 saturated heterocycles. The molecule has 0 unspecified atom stereocenters. The predicted molar refractivity (Wildman–Crippen MR) is 58.0 cm³/mol. The monoisotopic (exact) mass is 217 g/mol. The molecule has 4 nitrogen and oxygen atoms in total. The smallest absolute Gasteiger partial charge is 0.251 e. The molecule has 0 radical (unpaired) electrons. The maximum absolute atomic E-state index is 11.6. The van der Waals surface area contributed by atoms with Crippen LogP contribution in [0.4, 0.5) is 0 Å². The summed E-state index contributed by atoms with van der Waals surface area (Å²) in [5.41, 5.74) is 0.504. The number of furan rings is 1. The van der Waals surface area contributed by atoms with Gasteiger partial charge in [0.2, 0.25) is 0 Å². The topological polar surface area (TPSA) is 62.5 Å². The van der Waals surface area contributed by atoms with Crippen molar-refractivity contribution in [2.24, 2.45) is 0 Å². The van der Waals surface area contributed by atoms with Gasteiger partial charge < -0.3 is 14.8 Å². The van der Waals surface area contributed by atoms with E-state index in [-0.39, 0.29) is 11.7 Å². The predicted octanol–water partition coefficient (Wildman–Crippen LogP) is 1.92. The number of carbonyl (C=O) groups excluding carboxylic acids is 1. The summed E-state index contributed by atoms with van der Waals surface area (Å²) in [5.74, 6) is 0.645. The molecule has 2 N–H and O–H groups in total. The molecule has 16 heavy (non-hydrogen) atoms. The fourth-order valence-electron chi connectivity index (χ4n) is 1.30. The molecular weight excluding hydrogens is 206 g/mol. The largest absolute Gasteiger partial charge is 0.508 e. The Morgan fingerprint density at radius 2 is 2.00 bits per heavy atom. The quantitative estimate of drug-likeness (QED) is 0.825. The number of phenols is 1. The van der Waals surface area contributed by atoms with Crippen molar-refractivity contribution in [1.29, 1.82) is 0 Å². The Morgan fingerprint density at radius 3 is 2.62 bits per heavy atom. The number of aromatic hydroxyl groups is 1. The molecule has 1 heterocycles. The Labute approximate surface area is 92.5 Å². The molecule has 4 heteroatoms. The summed E-state index contributed by atoms with van der Waals surface area (Å²) >= 11 is 0. The van der Waals surface area contributed by atoms with E-state index in [1.807, 2.05) is 0 Å². The van der Waals surface area contributed by atoms with E-state index in [1.54, 1.807) is 30.5 Å². The van der Waals surface area contributed by atoms with Crippen LogP contribution in [0, 0.1) is 0 Å². The van der Waals surface area contributed by atoms with Gasteiger partial charge in [0, 0.05) is 5.56 Å². The van der Waals surface area contributed by atoms with Crippen molar-refractivity contribution in [3.05, 3.63) is 54.0 Å². The molecule has 0 aliphatic heterocycles. The van der Waals surface area contributed by atoms with Gasteiger partial charge in [-0.05, 0) is 36.4 Å². The highest BCUT2D eigenvalue weighted by atomic mass is 16.3. The Hall–Kier alpha value is -2.23. The first-order valence-electron chi connectivity index (χ1n) is 4.85. The molecule has 1 aromatic carbocycles. The van der Waals surface area contributed by atoms with E-state index in [0.717, 1.165) is 0 Å². The van der Waals surface area contributed by atoms with Crippen molar-refractivity contribution in [3.8, 4) is 5.75 Å². The van der Waals surface area contributed by atoms with Crippen LogP contribution in [0.5, 0.6) is 5.75 Å². The second-order valence-electron chi connectivity index (χ2n) is 3.31. The summed E-state index contributed by atoms with van der Waals surface area (Å²) in [6.07, 6.45) is 1.56. The van der Waals surface area contributed by atoms with Gasteiger partial charge in [-0.3, -0.25) is 4.79 Å². The zero-order valence-electron chi connectivity index (χ0n) is 8.51. The Morgan fingerprint density at radius 1 is 1.25 bits per heavy atom. The summed E-state index contributed by atoms with van der Waals surface area (Å²) < 4.78 is 5.08. The van der Waals surface area contributed by atoms with Crippen molar-refractivity contribution in [1.82, 2.24) is 5.32 Å². The number of amides is 1. The lowest BCUT2D eigenvalue weighted by molar-refractivity contribution is 0.0948.